The fourth-order valence-corrected chi connectivity index (χ4v) is 4.54. The highest BCUT2D eigenvalue weighted by Gasteiger charge is 2.17. The Labute approximate surface area is 134 Å². The molecular formula is C12H12BrN3O3S2. The van der Waals surface area contributed by atoms with E-state index in [0.717, 1.165) is 4.88 Å². The maximum absolute atomic E-state index is 12.2. The summed E-state index contributed by atoms with van der Waals surface area (Å²) in [6.45, 7) is 1.84. The van der Waals surface area contributed by atoms with E-state index >= 15 is 0 Å². The Morgan fingerprint density at radius 1 is 1.38 bits per heavy atom. The monoisotopic (exact) mass is 389 g/mol. The van der Waals surface area contributed by atoms with Crippen molar-refractivity contribution in [1.29, 1.82) is 0 Å². The maximum atomic E-state index is 12.2. The number of rotatable bonds is 4. The number of halogens is 1. The zero-order valence-corrected chi connectivity index (χ0v) is 14.1. The number of anilines is 1. The minimum Gasteiger partial charge on any atom is -0.409 e. The Morgan fingerprint density at radius 2 is 2.10 bits per heavy atom. The van der Waals surface area contributed by atoms with E-state index in [1.807, 2.05) is 6.92 Å². The van der Waals surface area contributed by atoms with Gasteiger partial charge in [0, 0.05) is 14.9 Å². The molecule has 0 saturated carbocycles. The highest BCUT2D eigenvalue weighted by Crippen LogP contribution is 2.28. The van der Waals surface area contributed by atoms with Crippen LogP contribution in [0.1, 0.15) is 10.4 Å². The molecule has 1 heterocycles. The molecule has 0 unspecified atom stereocenters. The second-order valence-corrected chi connectivity index (χ2v) is 8.20. The third-order valence-corrected chi connectivity index (χ3v) is 6.11. The number of oxime groups is 1. The van der Waals surface area contributed by atoms with Crippen molar-refractivity contribution >= 4 is 48.8 Å². The van der Waals surface area contributed by atoms with Crippen molar-refractivity contribution in [2.45, 2.75) is 11.1 Å². The average Bonchev–Trinajstić information content (AvgIpc) is 2.87. The van der Waals surface area contributed by atoms with Gasteiger partial charge in [0.1, 0.15) is 4.21 Å². The normalized spacial score (nSPS) is 12.4. The van der Waals surface area contributed by atoms with Gasteiger partial charge in [0.25, 0.3) is 10.0 Å². The summed E-state index contributed by atoms with van der Waals surface area (Å²) >= 11 is 4.45. The van der Waals surface area contributed by atoms with Gasteiger partial charge in [-0.25, -0.2) is 8.42 Å². The van der Waals surface area contributed by atoms with Gasteiger partial charge in [-0.1, -0.05) is 5.16 Å². The summed E-state index contributed by atoms with van der Waals surface area (Å²) in [6, 6.07) is 7.95. The Bertz CT molecular complexity index is 800. The van der Waals surface area contributed by atoms with Gasteiger partial charge >= 0.3 is 0 Å². The lowest BCUT2D eigenvalue weighted by molar-refractivity contribution is 0.318. The lowest BCUT2D eigenvalue weighted by Crippen LogP contribution is -2.14. The molecule has 0 aliphatic carbocycles. The van der Waals surface area contributed by atoms with Gasteiger partial charge in [-0.05, 0) is 53.2 Å². The lowest BCUT2D eigenvalue weighted by atomic mass is 10.2. The predicted molar refractivity (Wildman–Crippen MR) is 86.5 cm³/mol. The second-order valence-electron chi connectivity index (χ2n) is 4.15. The van der Waals surface area contributed by atoms with E-state index in [9.17, 15) is 8.42 Å². The highest BCUT2D eigenvalue weighted by atomic mass is 79.9. The number of benzene rings is 1. The summed E-state index contributed by atoms with van der Waals surface area (Å²) in [5.41, 5.74) is 6.32. The van der Waals surface area contributed by atoms with Crippen molar-refractivity contribution in [2.24, 2.45) is 10.9 Å². The average molecular weight is 390 g/mol. The first-order valence-corrected chi connectivity index (χ1v) is 8.79. The number of nitrogens with zero attached hydrogens (tertiary/aromatic N) is 1. The van der Waals surface area contributed by atoms with Crippen molar-refractivity contribution < 1.29 is 13.6 Å². The quantitative estimate of drug-likeness (QED) is 0.323. The Balaban J connectivity index is 2.32. The van der Waals surface area contributed by atoms with Crippen LogP contribution in [0.3, 0.4) is 0 Å². The summed E-state index contributed by atoms with van der Waals surface area (Å²) in [4.78, 5) is 0.914. The van der Waals surface area contributed by atoms with Crippen LogP contribution in [0.5, 0.6) is 0 Å². The van der Waals surface area contributed by atoms with E-state index in [4.69, 9.17) is 10.9 Å². The molecule has 112 valence electrons. The smallest absolute Gasteiger partial charge is 0.271 e. The number of hydrogen-bond acceptors (Lipinski definition) is 5. The Morgan fingerprint density at radius 3 is 2.62 bits per heavy atom. The molecule has 0 radical (unpaired) electrons. The maximum Gasteiger partial charge on any atom is 0.271 e. The predicted octanol–water partition coefficient (Wildman–Crippen LogP) is 2.71. The van der Waals surface area contributed by atoms with Crippen LogP contribution in [0.25, 0.3) is 0 Å². The molecule has 0 saturated heterocycles. The molecule has 0 atom stereocenters. The number of aryl methyl sites for hydroxylation is 1. The number of hydrogen-bond donors (Lipinski definition) is 3. The van der Waals surface area contributed by atoms with E-state index < -0.39 is 10.0 Å². The van der Waals surface area contributed by atoms with Gasteiger partial charge in [-0.15, -0.1) is 11.3 Å². The Kier molecular flexibility index (Phi) is 4.55. The molecule has 0 fully saturated rings. The molecule has 2 rings (SSSR count). The van der Waals surface area contributed by atoms with Crippen LogP contribution < -0.4 is 10.5 Å². The van der Waals surface area contributed by atoms with Gasteiger partial charge in [-0.3, -0.25) is 4.72 Å². The molecule has 0 bridgehead atoms. The summed E-state index contributed by atoms with van der Waals surface area (Å²) in [5.74, 6) is -0.0565. The van der Waals surface area contributed by atoms with Gasteiger partial charge in [0.2, 0.25) is 0 Å². The number of nitrogens with two attached hydrogens (primary N) is 1. The molecular weight excluding hydrogens is 378 g/mol. The van der Waals surface area contributed by atoms with Crippen molar-refractivity contribution in [1.82, 2.24) is 0 Å². The topological polar surface area (TPSA) is 105 Å². The third-order valence-electron chi connectivity index (χ3n) is 2.60. The largest absolute Gasteiger partial charge is 0.409 e. The first-order chi connectivity index (χ1) is 9.83. The van der Waals surface area contributed by atoms with Gasteiger partial charge < -0.3 is 10.9 Å². The fourth-order valence-electron chi connectivity index (χ4n) is 1.57. The molecule has 1 aromatic heterocycles. The number of thiophene rings is 1. The number of nitrogens with one attached hydrogen (secondary N) is 1. The van der Waals surface area contributed by atoms with Crippen LogP contribution in [0.2, 0.25) is 0 Å². The molecule has 1 aromatic carbocycles. The van der Waals surface area contributed by atoms with E-state index in [1.165, 1.54) is 17.4 Å². The van der Waals surface area contributed by atoms with Crippen LogP contribution in [0.15, 0.2) is 44.2 Å². The van der Waals surface area contributed by atoms with Gasteiger partial charge in [0.15, 0.2) is 5.84 Å². The molecule has 0 aliphatic heterocycles. The third kappa shape index (κ3) is 3.55. The van der Waals surface area contributed by atoms with Crippen molar-refractivity contribution in [2.75, 3.05) is 4.72 Å². The minimum absolute atomic E-state index is 0.0565. The molecule has 6 nitrogen and oxygen atoms in total. The zero-order chi connectivity index (χ0) is 15.6. The molecule has 0 aliphatic rings. The van der Waals surface area contributed by atoms with Crippen molar-refractivity contribution in [3.63, 3.8) is 0 Å². The van der Waals surface area contributed by atoms with Gasteiger partial charge in [-0.2, -0.15) is 0 Å². The summed E-state index contributed by atoms with van der Waals surface area (Å²) in [5, 5.41) is 11.5. The summed E-state index contributed by atoms with van der Waals surface area (Å²) in [6.07, 6.45) is 0. The van der Waals surface area contributed by atoms with Crippen molar-refractivity contribution in [3.8, 4) is 0 Å². The molecule has 0 amide bonds. The molecule has 9 heteroatoms. The summed E-state index contributed by atoms with van der Waals surface area (Å²) < 4.78 is 27.7. The van der Waals surface area contributed by atoms with Gasteiger partial charge in [0.05, 0.1) is 5.69 Å². The standard InChI is InChI=1S/C12H12BrN3O3S2/c1-7-2-5-11(20-7)21(18,19)16-10-4-3-8(6-9(10)13)12(14)15-17/h2-6,16-17H,1H3,(H2,14,15). The van der Waals surface area contributed by atoms with Crippen LogP contribution in [-0.4, -0.2) is 19.5 Å². The van der Waals surface area contributed by atoms with E-state index in [0.29, 0.717) is 15.7 Å². The van der Waals surface area contributed by atoms with Crippen LogP contribution in [-0.2, 0) is 10.0 Å². The number of sulfonamides is 1. The van der Waals surface area contributed by atoms with Crippen LogP contribution >= 0.6 is 27.3 Å². The van der Waals surface area contributed by atoms with Crippen molar-refractivity contribution in [3.05, 3.63) is 45.2 Å². The SMILES string of the molecule is Cc1ccc(S(=O)(=O)Nc2ccc(/C(N)=N/O)cc2Br)s1. The highest BCUT2D eigenvalue weighted by molar-refractivity contribution is 9.10. The molecule has 4 N–H and O–H groups in total. The minimum atomic E-state index is -3.63. The van der Waals surface area contributed by atoms with Crippen LogP contribution in [0.4, 0.5) is 5.69 Å². The second kappa shape index (κ2) is 6.04. The molecule has 2 aromatic rings. The molecule has 21 heavy (non-hydrogen) atoms. The first-order valence-electron chi connectivity index (χ1n) is 5.70. The molecule has 0 spiro atoms. The number of amidine groups is 1. The zero-order valence-electron chi connectivity index (χ0n) is 10.9. The lowest BCUT2D eigenvalue weighted by Gasteiger charge is -2.09. The van der Waals surface area contributed by atoms with E-state index in [2.05, 4.69) is 25.8 Å². The van der Waals surface area contributed by atoms with E-state index in [-0.39, 0.29) is 10.0 Å². The summed E-state index contributed by atoms with van der Waals surface area (Å²) in [7, 11) is -3.63. The fraction of sp³-hybridized carbons (Fsp3) is 0.0833. The first kappa shape index (κ1) is 15.8. The van der Waals surface area contributed by atoms with E-state index in [1.54, 1.807) is 24.3 Å². The van der Waals surface area contributed by atoms with Crippen LogP contribution in [0, 0.1) is 6.92 Å². The Hall–Kier alpha value is -1.58.